The van der Waals surface area contributed by atoms with Gasteiger partial charge in [-0.2, -0.15) is 0 Å². The van der Waals surface area contributed by atoms with E-state index in [-0.39, 0.29) is 18.1 Å². The Labute approximate surface area is 119 Å². The van der Waals surface area contributed by atoms with E-state index in [2.05, 4.69) is 5.32 Å². The van der Waals surface area contributed by atoms with E-state index in [1.165, 1.54) is 23.5 Å². The molecular formula is C14H14FNO3S. The highest BCUT2D eigenvalue weighted by Crippen LogP contribution is 2.31. The Bertz CT molecular complexity index is 666. The average Bonchev–Trinajstić information content (AvgIpc) is 2.71. The first-order chi connectivity index (χ1) is 9.49. The number of halogens is 1. The van der Waals surface area contributed by atoms with Crippen LogP contribution in [0.2, 0.25) is 0 Å². The standard InChI is InChI=1S/C14H14FNO3S/c1-8-10-5-4-9(15)7-11(10)20-13(8)14(19)16-6-2-3-12(17)18/h4-5,7H,2-3,6H2,1H3,(H,16,19)(H,17,18). The van der Waals surface area contributed by atoms with Crippen LogP contribution >= 0.6 is 11.3 Å². The monoisotopic (exact) mass is 295 g/mol. The second-order valence-electron chi connectivity index (χ2n) is 4.45. The van der Waals surface area contributed by atoms with Crippen LogP contribution in [0.4, 0.5) is 4.39 Å². The van der Waals surface area contributed by atoms with Crippen molar-refractivity contribution in [3.05, 3.63) is 34.5 Å². The fraction of sp³-hybridized carbons (Fsp3) is 0.286. The van der Waals surface area contributed by atoms with Crippen LogP contribution in [0.1, 0.15) is 28.1 Å². The van der Waals surface area contributed by atoms with Gasteiger partial charge in [0, 0.05) is 17.7 Å². The topological polar surface area (TPSA) is 66.4 Å². The van der Waals surface area contributed by atoms with Gasteiger partial charge in [0.25, 0.3) is 5.91 Å². The molecule has 0 aliphatic rings. The maximum Gasteiger partial charge on any atom is 0.303 e. The highest BCUT2D eigenvalue weighted by Gasteiger charge is 2.15. The maximum absolute atomic E-state index is 13.2. The summed E-state index contributed by atoms with van der Waals surface area (Å²) in [5.41, 5.74) is 0.820. The van der Waals surface area contributed by atoms with Crippen LogP contribution in [0.25, 0.3) is 10.1 Å². The second-order valence-corrected chi connectivity index (χ2v) is 5.50. The fourth-order valence-corrected chi connectivity index (χ4v) is 3.09. The second kappa shape index (κ2) is 6.00. The minimum atomic E-state index is -0.882. The van der Waals surface area contributed by atoms with E-state index in [0.717, 1.165) is 15.6 Å². The van der Waals surface area contributed by atoms with Crippen molar-refractivity contribution in [2.24, 2.45) is 0 Å². The lowest BCUT2D eigenvalue weighted by Crippen LogP contribution is -2.24. The molecule has 0 saturated carbocycles. The minimum absolute atomic E-state index is 0.0247. The summed E-state index contributed by atoms with van der Waals surface area (Å²) in [4.78, 5) is 22.9. The Morgan fingerprint density at radius 1 is 1.40 bits per heavy atom. The van der Waals surface area contributed by atoms with Crippen molar-refractivity contribution < 1.29 is 19.1 Å². The summed E-state index contributed by atoms with van der Waals surface area (Å²) in [6, 6.07) is 4.45. The van der Waals surface area contributed by atoms with Crippen LogP contribution in [0.5, 0.6) is 0 Å². The molecule has 0 atom stereocenters. The van der Waals surface area contributed by atoms with Crippen LogP contribution in [0.15, 0.2) is 18.2 Å². The molecule has 1 aromatic heterocycles. The van der Waals surface area contributed by atoms with Gasteiger partial charge in [0.1, 0.15) is 5.82 Å². The van der Waals surface area contributed by atoms with E-state index in [1.54, 1.807) is 6.07 Å². The van der Waals surface area contributed by atoms with Gasteiger partial charge in [0.2, 0.25) is 0 Å². The molecule has 0 aliphatic carbocycles. The Kier molecular flexibility index (Phi) is 4.34. The van der Waals surface area contributed by atoms with Crippen LogP contribution in [0, 0.1) is 12.7 Å². The summed E-state index contributed by atoms with van der Waals surface area (Å²) in [7, 11) is 0. The third-order valence-electron chi connectivity index (χ3n) is 2.96. The summed E-state index contributed by atoms with van der Waals surface area (Å²) in [6.45, 7) is 2.13. The normalized spacial score (nSPS) is 10.7. The summed E-state index contributed by atoms with van der Waals surface area (Å²) in [5, 5.41) is 12.1. The molecule has 1 heterocycles. The molecule has 0 unspecified atom stereocenters. The van der Waals surface area contributed by atoms with E-state index in [0.29, 0.717) is 17.8 Å². The number of carboxylic acids is 1. The highest BCUT2D eigenvalue weighted by atomic mass is 32.1. The Hall–Kier alpha value is -1.95. The summed E-state index contributed by atoms with van der Waals surface area (Å²) in [6.07, 6.45) is 0.413. The molecule has 1 aromatic carbocycles. The Morgan fingerprint density at radius 3 is 2.85 bits per heavy atom. The van der Waals surface area contributed by atoms with E-state index in [1.807, 2.05) is 6.92 Å². The van der Waals surface area contributed by atoms with Crippen LogP contribution < -0.4 is 5.32 Å². The van der Waals surface area contributed by atoms with Gasteiger partial charge in [-0.25, -0.2) is 4.39 Å². The van der Waals surface area contributed by atoms with Gasteiger partial charge in [-0.15, -0.1) is 11.3 Å². The van der Waals surface area contributed by atoms with E-state index < -0.39 is 5.97 Å². The number of benzene rings is 1. The lowest BCUT2D eigenvalue weighted by Gasteiger charge is -2.03. The first kappa shape index (κ1) is 14.5. The SMILES string of the molecule is Cc1c(C(=O)NCCCC(=O)O)sc2cc(F)ccc12. The van der Waals surface area contributed by atoms with Crippen molar-refractivity contribution in [1.82, 2.24) is 5.32 Å². The van der Waals surface area contributed by atoms with Gasteiger partial charge in [-0.1, -0.05) is 6.07 Å². The molecule has 0 spiro atoms. The molecule has 0 fully saturated rings. The molecule has 2 N–H and O–H groups in total. The largest absolute Gasteiger partial charge is 0.481 e. The molecule has 1 amide bonds. The van der Waals surface area contributed by atoms with Gasteiger partial charge in [-0.05, 0) is 36.4 Å². The van der Waals surface area contributed by atoms with Crippen molar-refractivity contribution >= 4 is 33.3 Å². The summed E-state index contributed by atoms with van der Waals surface area (Å²) in [5.74, 6) is -1.45. The number of fused-ring (bicyclic) bond motifs is 1. The predicted molar refractivity (Wildman–Crippen MR) is 75.7 cm³/mol. The van der Waals surface area contributed by atoms with Crippen molar-refractivity contribution in [3.8, 4) is 0 Å². The van der Waals surface area contributed by atoms with Crippen molar-refractivity contribution in [2.75, 3.05) is 6.54 Å². The van der Waals surface area contributed by atoms with E-state index in [4.69, 9.17) is 5.11 Å². The van der Waals surface area contributed by atoms with Gasteiger partial charge >= 0.3 is 5.97 Å². The van der Waals surface area contributed by atoms with Gasteiger partial charge in [-0.3, -0.25) is 9.59 Å². The molecule has 106 valence electrons. The van der Waals surface area contributed by atoms with Gasteiger partial charge in [0.15, 0.2) is 0 Å². The first-order valence-corrected chi connectivity index (χ1v) is 6.99. The smallest absolute Gasteiger partial charge is 0.303 e. The van der Waals surface area contributed by atoms with Gasteiger partial charge < -0.3 is 10.4 Å². The third kappa shape index (κ3) is 3.14. The van der Waals surface area contributed by atoms with Crippen LogP contribution in [-0.4, -0.2) is 23.5 Å². The lowest BCUT2D eigenvalue weighted by atomic mass is 10.1. The summed E-state index contributed by atoms with van der Waals surface area (Å²) >= 11 is 1.24. The molecule has 0 radical (unpaired) electrons. The zero-order valence-electron chi connectivity index (χ0n) is 10.9. The number of hydrogen-bond donors (Lipinski definition) is 2. The van der Waals surface area contributed by atoms with Gasteiger partial charge in [0.05, 0.1) is 4.88 Å². The number of rotatable bonds is 5. The number of nitrogens with one attached hydrogen (secondary N) is 1. The maximum atomic E-state index is 13.2. The third-order valence-corrected chi connectivity index (χ3v) is 4.21. The summed E-state index contributed by atoms with van der Waals surface area (Å²) < 4.78 is 13.9. The average molecular weight is 295 g/mol. The molecule has 6 heteroatoms. The molecule has 0 bridgehead atoms. The lowest BCUT2D eigenvalue weighted by molar-refractivity contribution is -0.137. The number of aryl methyl sites for hydroxylation is 1. The van der Waals surface area contributed by atoms with Crippen molar-refractivity contribution in [3.63, 3.8) is 0 Å². The zero-order chi connectivity index (χ0) is 14.7. The van der Waals surface area contributed by atoms with Crippen LogP contribution in [-0.2, 0) is 4.79 Å². The number of carbonyl (C=O) groups is 2. The Balaban J connectivity index is 2.10. The number of carbonyl (C=O) groups excluding carboxylic acids is 1. The number of thiophene rings is 1. The quantitative estimate of drug-likeness (QED) is 0.833. The minimum Gasteiger partial charge on any atom is -0.481 e. The molecular weight excluding hydrogens is 281 g/mol. The fourth-order valence-electron chi connectivity index (χ4n) is 1.94. The first-order valence-electron chi connectivity index (χ1n) is 6.17. The zero-order valence-corrected chi connectivity index (χ0v) is 11.7. The molecule has 0 aliphatic heterocycles. The predicted octanol–water partition coefficient (Wildman–Crippen LogP) is 2.94. The number of carboxylic acid groups (broad SMARTS) is 1. The molecule has 4 nitrogen and oxygen atoms in total. The molecule has 20 heavy (non-hydrogen) atoms. The van der Waals surface area contributed by atoms with Crippen LogP contribution in [0.3, 0.4) is 0 Å². The van der Waals surface area contributed by atoms with E-state index in [9.17, 15) is 14.0 Å². The molecule has 0 saturated heterocycles. The van der Waals surface area contributed by atoms with Crippen molar-refractivity contribution in [1.29, 1.82) is 0 Å². The van der Waals surface area contributed by atoms with E-state index >= 15 is 0 Å². The highest BCUT2D eigenvalue weighted by molar-refractivity contribution is 7.21. The van der Waals surface area contributed by atoms with Crippen molar-refractivity contribution in [2.45, 2.75) is 19.8 Å². The molecule has 2 rings (SSSR count). The number of aliphatic carboxylic acids is 1. The molecule has 2 aromatic rings. The number of hydrogen-bond acceptors (Lipinski definition) is 3. The Morgan fingerprint density at radius 2 is 2.15 bits per heavy atom. The number of amides is 1.